The van der Waals surface area contributed by atoms with Gasteiger partial charge in [0, 0.05) is 19.3 Å². The van der Waals surface area contributed by atoms with E-state index in [0.29, 0.717) is 19.3 Å². The average molecular weight is 1150 g/mol. The lowest BCUT2D eigenvalue weighted by Crippen LogP contribution is -2.30. The third kappa shape index (κ3) is 67.6. The monoisotopic (exact) mass is 1150 g/mol. The van der Waals surface area contributed by atoms with Crippen LogP contribution in [-0.4, -0.2) is 37.2 Å². The molecular weight excluding hydrogens is 1010 g/mol. The molecule has 0 fully saturated rings. The van der Waals surface area contributed by atoms with Gasteiger partial charge < -0.3 is 14.2 Å². The molecule has 0 saturated carbocycles. The largest absolute Gasteiger partial charge is 0.462 e. The van der Waals surface area contributed by atoms with Crippen molar-refractivity contribution in [2.45, 2.75) is 380 Å². The summed E-state index contributed by atoms with van der Waals surface area (Å²) in [4.78, 5) is 38.4. The van der Waals surface area contributed by atoms with Crippen molar-refractivity contribution in [1.82, 2.24) is 0 Å². The van der Waals surface area contributed by atoms with Gasteiger partial charge in [-0.25, -0.2) is 0 Å². The molecule has 0 saturated heterocycles. The molecule has 0 rings (SSSR count). The van der Waals surface area contributed by atoms with Gasteiger partial charge in [-0.3, -0.25) is 14.4 Å². The lowest BCUT2D eigenvalue weighted by atomic mass is 10.0. The number of rotatable bonds is 66. The Balaban J connectivity index is 4.25. The fourth-order valence-corrected chi connectivity index (χ4v) is 10.6. The third-order valence-corrected chi connectivity index (χ3v) is 15.9. The van der Waals surface area contributed by atoms with Crippen LogP contribution in [0.4, 0.5) is 0 Å². The van der Waals surface area contributed by atoms with E-state index in [-0.39, 0.29) is 31.1 Å². The van der Waals surface area contributed by atoms with Crippen LogP contribution in [0.5, 0.6) is 0 Å². The van der Waals surface area contributed by atoms with Gasteiger partial charge in [0.1, 0.15) is 13.2 Å². The summed E-state index contributed by atoms with van der Waals surface area (Å²) in [5, 5.41) is 0. The van der Waals surface area contributed by atoms with Crippen molar-refractivity contribution < 1.29 is 28.6 Å². The maximum Gasteiger partial charge on any atom is 0.306 e. The number of unbranched alkanes of at least 4 members (excludes halogenated alkanes) is 43. The van der Waals surface area contributed by atoms with Gasteiger partial charge in [0.25, 0.3) is 0 Å². The average Bonchev–Trinajstić information content (AvgIpc) is 3.47. The second-order valence-corrected chi connectivity index (χ2v) is 24.1. The van der Waals surface area contributed by atoms with Crippen molar-refractivity contribution in [2.24, 2.45) is 0 Å². The van der Waals surface area contributed by atoms with Crippen molar-refractivity contribution >= 4 is 17.9 Å². The van der Waals surface area contributed by atoms with Gasteiger partial charge in [0.2, 0.25) is 0 Å². The van der Waals surface area contributed by atoms with Gasteiger partial charge in [-0.15, -0.1) is 0 Å². The number of carbonyl (C=O) groups excluding carboxylic acids is 3. The van der Waals surface area contributed by atoms with Crippen molar-refractivity contribution in [2.75, 3.05) is 13.2 Å². The highest BCUT2D eigenvalue weighted by Gasteiger charge is 2.19. The standard InChI is InChI=1S/C76H136O6/c1-4-7-10-13-16-19-22-25-27-29-31-33-35-37-38-39-41-42-44-46-48-51-54-57-60-63-66-69-75(78)81-72-73(71-80-74(77)68-65-62-59-56-53-50-24-21-18-15-12-9-6-3)82-76(79)70-67-64-61-58-55-52-49-47-45-43-40-36-34-32-30-28-26-23-20-17-14-11-8-5-2/h9,12,18,21-22,25,29,31,35,37,50,53,73H,4-8,10-11,13-17,19-20,23-24,26-28,30,32-34,36,38-49,51-52,54-72H2,1-3H3/b12-9-,21-18-,25-22-,31-29-,37-35-,53-50-. The molecule has 0 amide bonds. The Kier molecular flexibility index (Phi) is 67.6. The van der Waals surface area contributed by atoms with Gasteiger partial charge in [0.15, 0.2) is 6.10 Å². The highest BCUT2D eigenvalue weighted by molar-refractivity contribution is 5.71. The van der Waals surface area contributed by atoms with Crippen LogP contribution in [0.25, 0.3) is 0 Å². The lowest BCUT2D eigenvalue weighted by Gasteiger charge is -2.18. The number of hydrogen-bond acceptors (Lipinski definition) is 6. The van der Waals surface area contributed by atoms with Crippen molar-refractivity contribution in [3.63, 3.8) is 0 Å². The summed E-state index contributed by atoms with van der Waals surface area (Å²) in [6, 6.07) is 0. The minimum atomic E-state index is -0.788. The smallest absolute Gasteiger partial charge is 0.306 e. The maximum absolute atomic E-state index is 13.0. The van der Waals surface area contributed by atoms with Crippen molar-refractivity contribution in [3.8, 4) is 0 Å². The predicted molar refractivity (Wildman–Crippen MR) is 358 cm³/mol. The van der Waals surface area contributed by atoms with Gasteiger partial charge in [0.05, 0.1) is 0 Å². The second kappa shape index (κ2) is 70.3. The Morgan fingerprint density at radius 3 is 0.756 bits per heavy atom. The summed E-state index contributed by atoms with van der Waals surface area (Å²) in [7, 11) is 0. The fourth-order valence-electron chi connectivity index (χ4n) is 10.6. The number of carbonyl (C=O) groups is 3. The number of allylic oxidation sites excluding steroid dienone is 12. The minimum Gasteiger partial charge on any atom is -0.462 e. The molecule has 1 atom stereocenters. The van der Waals surface area contributed by atoms with Gasteiger partial charge >= 0.3 is 17.9 Å². The SMILES string of the molecule is CC/C=C\C/C=C\C/C=C\CCCCCC(=O)OCC(COC(=O)CCCCCCCCCCCCCC/C=C\C/C=C\C/C=C\CCCCCCC)OC(=O)CCCCCCCCCCCCCCCCCCCCCCCCCC. The van der Waals surface area contributed by atoms with Gasteiger partial charge in [-0.1, -0.05) is 338 Å². The molecule has 0 aromatic heterocycles. The second-order valence-electron chi connectivity index (χ2n) is 24.1. The van der Waals surface area contributed by atoms with Crippen LogP contribution in [0, 0.1) is 0 Å². The maximum atomic E-state index is 13.0. The van der Waals surface area contributed by atoms with Crippen molar-refractivity contribution in [1.29, 1.82) is 0 Å². The van der Waals surface area contributed by atoms with Gasteiger partial charge in [-0.05, 0) is 89.9 Å². The van der Waals surface area contributed by atoms with Crippen LogP contribution in [0.2, 0.25) is 0 Å². The molecule has 0 aliphatic rings. The van der Waals surface area contributed by atoms with E-state index in [2.05, 4.69) is 93.7 Å². The van der Waals surface area contributed by atoms with E-state index >= 15 is 0 Å². The molecule has 0 aromatic rings. The summed E-state index contributed by atoms with van der Waals surface area (Å²) >= 11 is 0. The van der Waals surface area contributed by atoms with Crippen LogP contribution in [0.1, 0.15) is 374 Å². The topological polar surface area (TPSA) is 78.9 Å². The van der Waals surface area contributed by atoms with Crippen LogP contribution in [-0.2, 0) is 28.6 Å². The van der Waals surface area contributed by atoms with E-state index in [1.165, 1.54) is 238 Å². The van der Waals surface area contributed by atoms with Crippen LogP contribution in [0.3, 0.4) is 0 Å². The highest BCUT2D eigenvalue weighted by atomic mass is 16.6. The van der Waals surface area contributed by atoms with E-state index < -0.39 is 6.10 Å². The molecule has 1 unspecified atom stereocenters. The van der Waals surface area contributed by atoms with E-state index in [4.69, 9.17) is 14.2 Å². The summed E-state index contributed by atoms with van der Waals surface area (Å²) in [6.07, 6.45) is 92.3. The van der Waals surface area contributed by atoms with E-state index in [9.17, 15) is 14.4 Å². The molecule has 6 heteroatoms. The summed E-state index contributed by atoms with van der Waals surface area (Å²) in [5.41, 5.74) is 0. The molecule has 0 N–H and O–H groups in total. The molecule has 0 aromatic carbocycles. The Morgan fingerprint density at radius 1 is 0.256 bits per heavy atom. The molecule has 476 valence electrons. The number of esters is 3. The summed E-state index contributed by atoms with van der Waals surface area (Å²) < 4.78 is 17.0. The van der Waals surface area contributed by atoms with E-state index in [1.807, 2.05) is 0 Å². The first-order valence-corrected chi connectivity index (χ1v) is 35.9. The molecule has 0 bridgehead atoms. The zero-order chi connectivity index (χ0) is 59.2. The van der Waals surface area contributed by atoms with Crippen molar-refractivity contribution in [3.05, 3.63) is 72.9 Å². The number of hydrogen-bond donors (Lipinski definition) is 0. The Bertz CT molecular complexity index is 1500. The first-order valence-electron chi connectivity index (χ1n) is 35.9. The summed E-state index contributed by atoms with van der Waals surface area (Å²) in [5.74, 6) is -0.893. The van der Waals surface area contributed by atoms with Crippen LogP contribution < -0.4 is 0 Å². The zero-order valence-corrected chi connectivity index (χ0v) is 54.8. The first kappa shape index (κ1) is 78.8. The minimum absolute atomic E-state index is 0.0824. The normalized spacial score (nSPS) is 12.5. The molecular formula is C76H136O6. The first-order chi connectivity index (χ1) is 40.5. The summed E-state index contributed by atoms with van der Waals surface area (Å²) in [6.45, 7) is 6.55. The van der Waals surface area contributed by atoms with E-state index in [0.717, 1.165) is 96.3 Å². The molecule has 0 heterocycles. The quantitative estimate of drug-likeness (QED) is 0.0261. The molecule has 0 radical (unpaired) electrons. The third-order valence-electron chi connectivity index (χ3n) is 15.9. The Labute approximate surface area is 510 Å². The van der Waals surface area contributed by atoms with Crippen LogP contribution in [0.15, 0.2) is 72.9 Å². The van der Waals surface area contributed by atoms with Crippen LogP contribution >= 0.6 is 0 Å². The van der Waals surface area contributed by atoms with E-state index in [1.54, 1.807) is 0 Å². The Morgan fingerprint density at radius 2 is 0.476 bits per heavy atom. The molecule has 82 heavy (non-hydrogen) atoms. The van der Waals surface area contributed by atoms with Gasteiger partial charge in [-0.2, -0.15) is 0 Å². The molecule has 0 aliphatic carbocycles. The zero-order valence-electron chi connectivity index (χ0n) is 54.8. The lowest BCUT2D eigenvalue weighted by molar-refractivity contribution is -0.167. The highest BCUT2D eigenvalue weighted by Crippen LogP contribution is 2.18. The Hall–Kier alpha value is -3.15. The molecule has 0 spiro atoms. The predicted octanol–water partition coefficient (Wildman–Crippen LogP) is 24.8. The molecule has 0 aliphatic heterocycles. The molecule has 6 nitrogen and oxygen atoms in total. The number of ether oxygens (including phenoxy) is 3. The fraction of sp³-hybridized carbons (Fsp3) is 0.803.